The Morgan fingerprint density at radius 3 is 2.67 bits per heavy atom. The molecule has 0 aliphatic heterocycles. The van der Waals surface area contributed by atoms with Gasteiger partial charge >= 0.3 is 0 Å². The van der Waals surface area contributed by atoms with Crippen LogP contribution in [0.2, 0.25) is 0 Å². The van der Waals surface area contributed by atoms with E-state index in [4.69, 9.17) is 0 Å². The number of benzene rings is 2. The first kappa shape index (κ1) is 13.9. The van der Waals surface area contributed by atoms with Crippen molar-refractivity contribution in [2.75, 3.05) is 6.26 Å². The highest BCUT2D eigenvalue weighted by Gasteiger charge is 2.12. The summed E-state index contributed by atoms with van der Waals surface area (Å²) in [6, 6.07) is 18.4. The number of thioether (sulfide) groups is 1. The number of para-hydroxylation sites is 1. The quantitative estimate of drug-likeness (QED) is 0.699. The molecule has 106 valence electrons. The number of fused-ring (bicyclic) bond motifs is 1. The molecule has 0 saturated heterocycles. The molecular weight excluding hydrogens is 278 g/mol. The van der Waals surface area contributed by atoms with E-state index in [0.717, 1.165) is 17.5 Å². The molecule has 0 saturated carbocycles. The van der Waals surface area contributed by atoms with E-state index < -0.39 is 0 Å². The van der Waals surface area contributed by atoms with E-state index in [1.807, 2.05) is 28.9 Å². The van der Waals surface area contributed by atoms with Crippen LogP contribution in [-0.2, 0) is 0 Å². The molecule has 0 bridgehead atoms. The van der Waals surface area contributed by atoms with Gasteiger partial charge in [-0.2, -0.15) is 0 Å². The van der Waals surface area contributed by atoms with Crippen molar-refractivity contribution in [1.82, 2.24) is 15.0 Å². The van der Waals surface area contributed by atoms with E-state index in [1.165, 1.54) is 5.56 Å². The molecule has 2 aromatic carbocycles. The maximum Gasteiger partial charge on any atom is 0.113 e. The van der Waals surface area contributed by atoms with E-state index >= 15 is 0 Å². The lowest BCUT2D eigenvalue weighted by atomic mass is 10.2. The van der Waals surface area contributed by atoms with E-state index in [2.05, 4.69) is 59.1 Å². The van der Waals surface area contributed by atoms with Gasteiger partial charge in [-0.05, 0) is 30.4 Å². The van der Waals surface area contributed by atoms with Crippen LogP contribution in [0, 0.1) is 0 Å². The van der Waals surface area contributed by atoms with Crippen LogP contribution >= 0.6 is 11.8 Å². The molecule has 0 amide bonds. The minimum atomic E-state index is 0.261. The van der Waals surface area contributed by atoms with Gasteiger partial charge in [-0.1, -0.05) is 59.8 Å². The molecule has 0 aliphatic rings. The molecule has 1 aromatic heterocycles. The predicted molar refractivity (Wildman–Crippen MR) is 90.2 cm³/mol. The number of allylic oxidation sites excluding steroid dienone is 1. The zero-order valence-electron chi connectivity index (χ0n) is 11.9. The van der Waals surface area contributed by atoms with Crippen molar-refractivity contribution in [2.45, 2.75) is 11.8 Å². The first-order valence-electron chi connectivity index (χ1n) is 6.93. The fourth-order valence-corrected chi connectivity index (χ4v) is 2.94. The first-order chi connectivity index (χ1) is 10.4. The van der Waals surface area contributed by atoms with Crippen molar-refractivity contribution in [3.8, 4) is 0 Å². The van der Waals surface area contributed by atoms with Gasteiger partial charge in [-0.15, -0.1) is 16.9 Å². The molecular formula is C17H17N3S. The molecule has 3 aromatic rings. The van der Waals surface area contributed by atoms with Gasteiger partial charge < -0.3 is 0 Å². The summed E-state index contributed by atoms with van der Waals surface area (Å²) in [5.41, 5.74) is 3.26. The highest BCUT2D eigenvalue weighted by molar-refractivity contribution is 7.98. The number of nitrogens with zero attached hydrogens (tertiary/aromatic N) is 3. The lowest BCUT2D eigenvalue weighted by Crippen LogP contribution is -2.06. The molecule has 3 nitrogen and oxygen atoms in total. The first-order valence-corrected chi connectivity index (χ1v) is 8.21. The maximum absolute atomic E-state index is 4.30. The van der Waals surface area contributed by atoms with Gasteiger partial charge in [0.1, 0.15) is 10.9 Å². The molecule has 3 rings (SSSR count). The Morgan fingerprint density at radius 2 is 1.86 bits per heavy atom. The van der Waals surface area contributed by atoms with Crippen LogP contribution in [0.5, 0.6) is 0 Å². The van der Waals surface area contributed by atoms with Gasteiger partial charge in [-0.3, -0.25) is 0 Å². The molecule has 1 heterocycles. The number of rotatable bonds is 5. The molecule has 1 unspecified atom stereocenters. The summed E-state index contributed by atoms with van der Waals surface area (Å²) in [7, 11) is 0. The second-order valence-corrected chi connectivity index (χ2v) is 5.78. The smallest absolute Gasteiger partial charge is 0.113 e. The Labute approximate surface area is 128 Å². The monoisotopic (exact) mass is 295 g/mol. The Kier molecular flexibility index (Phi) is 4.36. The third kappa shape index (κ3) is 3.16. The van der Waals surface area contributed by atoms with Gasteiger partial charge in [0.2, 0.25) is 0 Å². The fraction of sp³-hybridized carbons (Fsp3) is 0.176. The maximum atomic E-state index is 4.30. The topological polar surface area (TPSA) is 30.7 Å². The molecule has 1 atom stereocenters. The lowest BCUT2D eigenvalue weighted by molar-refractivity contribution is 0.600. The van der Waals surface area contributed by atoms with Crippen LogP contribution in [-0.4, -0.2) is 21.2 Å². The van der Waals surface area contributed by atoms with Crippen LogP contribution in [0.25, 0.3) is 17.1 Å². The van der Waals surface area contributed by atoms with E-state index in [1.54, 1.807) is 11.8 Å². The van der Waals surface area contributed by atoms with Crippen molar-refractivity contribution in [2.24, 2.45) is 0 Å². The van der Waals surface area contributed by atoms with E-state index in [-0.39, 0.29) is 5.37 Å². The SMILES string of the molecule is CSC(C/C=C/c1ccccc1)n1nnc2ccccc21. The van der Waals surface area contributed by atoms with E-state index in [9.17, 15) is 0 Å². The molecule has 0 radical (unpaired) electrons. The second kappa shape index (κ2) is 6.59. The average molecular weight is 295 g/mol. The largest absolute Gasteiger partial charge is 0.231 e. The standard InChI is InChI=1S/C17H17N3S/c1-21-17(13-7-10-14-8-3-2-4-9-14)20-16-12-6-5-11-15(16)18-19-20/h2-12,17H,13H2,1H3/b10-7+. The van der Waals surface area contributed by atoms with Crippen molar-refractivity contribution < 1.29 is 0 Å². The second-order valence-electron chi connectivity index (χ2n) is 4.76. The van der Waals surface area contributed by atoms with Crippen LogP contribution in [0.1, 0.15) is 17.4 Å². The van der Waals surface area contributed by atoms with Crippen molar-refractivity contribution in [1.29, 1.82) is 0 Å². The van der Waals surface area contributed by atoms with Crippen molar-refractivity contribution in [3.63, 3.8) is 0 Å². The third-order valence-corrected chi connectivity index (χ3v) is 4.31. The van der Waals surface area contributed by atoms with Crippen LogP contribution < -0.4 is 0 Å². The van der Waals surface area contributed by atoms with Gasteiger partial charge in [0.05, 0.1) is 5.52 Å². The summed E-state index contributed by atoms with van der Waals surface area (Å²) >= 11 is 1.79. The van der Waals surface area contributed by atoms with Gasteiger partial charge in [0, 0.05) is 0 Å². The Morgan fingerprint density at radius 1 is 1.10 bits per heavy atom. The minimum Gasteiger partial charge on any atom is -0.231 e. The van der Waals surface area contributed by atoms with Crippen LogP contribution in [0.15, 0.2) is 60.7 Å². The Balaban J connectivity index is 1.78. The van der Waals surface area contributed by atoms with Gasteiger partial charge in [0.15, 0.2) is 0 Å². The van der Waals surface area contributed by atoms with Gasteiger partial charge in [-0.25, -0.2) is 4.68 Å². The van der Waals surface area contributed by atoms with Crippen LogP contribution in [0.3, 0.4) is 0 Å². The lowest BCUT2D eigenvalue weighted by Gasteiger charge is -2.13. The summed E-state index contributed by atoms with van der Waals surface area (Å²) < 4.78 is 2.01. The van der Waals surface area contributed by atoms with Gasteiger partial charge in [0.25, 0.3) is 0 Å². The summed E-state index contributed by atoms with van der Waals surface area (Å²) in [5, 5.41) is 8.79. The summed E-state index contributed by atoms with van der Waals surface area (Å²) in [6.07, 6.45) is 7.39. The molecule has 21 heavy (non-hydrogen) atoms. The highest BCUT2D eigenvalue weighted by Crippen LogP contribution is 2.27. The number of hydrogen-bond donors (Lipinski definition) is 0. The third-order valence-electron chi connectivity index (χ3n) is 3.37. The normalized spacial score (nSPS) is 13.0. The van der Waals surface area contributed by atoms with Crippen molar-refractivity contribution in [3.05, 3.63) is 66.2 Å². The predicted octanol–water partition coefficient (Wildman–Crippen LogP) is 4.40. The molecule has 0 fully saturated rings. The Hall–Kier alpha value is -2.07. The molecule has 0 aliphatic carbocycles. The fourth-order valence-electron chi connectivity index (χ4n) is 2.28. The highest BCUT2D eigenvalue weighted by atomic mass is 32.2. The summed E-state index contributed by atoms with van der Waals surface area (Å²) in [5.74, 6) is 0. The van der Waals surface area contributed by atoms with E-state index in [0.29, 0.717) is 0 Å². The molecule has 4 heteroatoms. The molecule has 0 spiro atoms. The average Bonchev–Trinajstić information content (AvgIpc) is 2.97. The van der Waals surface area contributed by atoms with Crippen LogP contribution in [0.4, 0.5) is 0 Å². The Bertz CT molecular complexity index is 734. The summed E-state index contributed by atoms with van der Waals surface area (Å²) in [4.78, 5) is 0. The zero-order chi connectivity index (χ0) is 14.5. The number of aromatic nitrogens is 3. The molecule has 0 N–H and O–H groups in total. The zero-order valence-corrected chi connectivity index (χ0v) is 12.7. The summed E-state index contributed by atoms with van der Waals surface area (Å²) in [6.45, 7) is 0. The van der Waals surface area contributed by atoms with Crippen molar-refractivity contribution >= 4 is 28.9 Å². The number of hydrogen-bond acceptors (Lipinski definition) is 3. The minimum absolute atomic E-state index is 0.261.